The van der Waals surface area contributed by atoms with Gasteiger partial charge in [0.05, 0.1) is 12.7 Å². The molecular weight excluding hydrogens is 296 g/mol. The van der Waals surface area contributed by atoms with Crippen molar-refractivity contribution >= 4 is 29.3 Å². The smallest absolute Gasteiger partial charge is 0.276 e. The minimum atomic E-state index is -0.113. The van der Waals surface area contributed by atoms with E-state index in [2.05, 4.69) is 10.4 Å². The molecule has 0 aliphatic carbocycles. The highest BCUT2D eigenvalue weighted by Crippen LogP contribution is 2.16. The van der Waals surface area contributed by atoms with Gasteiger partial charge >= 0.3 is 0 Å². The van der Waals surface area contributed by atoms with Crippen molar-refractivity contribution in [3.63, 3.8) is 0 Å². The van der Waals surface area contributed by atoms with Gasteiger partial charge in [0.2, 0.25) is 0 Å². The molecule has 1 saturated heterocycles. The van der Waals surface area contributed by atoms with Gasteiger partial charge in [0.25, 0.3) is 5.91 Å². The van der Waals surface area contributed by atoms with Crippen LogP contribution in [0.4, 0.5) is 0 Å². The van der Waals surface area contributed by atoms with E-state index in [4.69, 9.17) is 12.2 Å². The van der Waals surface area contributed by atoms with E-state index in [1.54, 1.807) is 17.2 Å². The molecule has 2 heterocycles. The van der Waals surface area contributed by atoms with E-state index in [-0.39, 0.29) is 5.91 Å². The van der Waals surface area contributed by atoms with Crippen LogP contribution in [0.2, 0.25) is 0 Å². The summed E-state index contributed by atoms with van der Waals surface area (Å²) in [6.45, 7) is 3.28. The SMILES string of the molecule is CCn1cc(/C=C2/NC(=S)N(Cc3ccccc3)C2=O)cn1. The average Bonchev–Trinajstić information content (AvgIpc) is 3.09. The summed E-state index contributed by atoms with van der Waals surface area (Å²) in [7, 11) is 0. The van der Waals surface area contributed by atoms with Crippen LogP contribution in [0.25, 0.3) is 6.08 Å². The Labute approximate surface area is 134 Å². The first kappa shape index (κ1) is 14.5. The minimum absolute atomic E-state index is 0.113. The molecule has 1 aliphatic heterocycles. The highest BCUT2D eigenvalue weighted by atomic mass is 32.1. The fourth-order valence-corrected chi connectivity index (χ4v) is 2.53. The van der Waals surface area contributed by atoms with Gasteiger partial charge in [0.15, 0.2) is 5.11 Å². The maximum atomic E-state index is 12.5. The predicted molar refractivity (Wildman–Crippen MR) is 88.6 cm³/mol. The number of aryl methyl sites for hydroxylation is 1. The Balaban J connectivity index is 1.79. The van der Waals surface area contributed by atoms with Gasteiger partial charge < -0.3 is 5.32 Å². The largest absolute Gasteiger partial charge is 0.328 e. The lowest BCUT2D eigenvalue weighted by atomic mass is 10.2. The number of carbonyl (C=O) groups is 1. The van der Waals surface area contributed by atoms with E-state index in [9.17, 15) is 4.79 Å². The molecule has 1 aliphatic rings. The van der Waals surface area contributed by atoms with E-state index in [0.29, 0.717) is 17.4 Å². The van der Waals surface area contributed by atoms with Crippen molar-refractivity contribution in [1.29, 1.82) is 0 Å². The molecule has 1 aromatic carbocycles. The van der Waals surface area contributed by atoms with Crippen LogP contribution in [0, 0.1) is 0 Å². The molecule has 1 aromatic heterocycles. The number of hydrogen-bond acceptors (Lipinski definition) is 3. The Morgan fingerprint density at radius 3 is 2.77 bits per heavy atom. The standard InChI is InChI=1S/C16H16N4OS/c1-2-19-10-13(9-17-19)8-14-15(21)20(16(22)18-14)11-12-6-4-3-5-7-12/h3-10H,2,11H2,1H3,(H,18,22)/b14-8+. The fourth-order valence-electron chi connectivity index (χ4n) is 2.27. The van der Waals surface area contributed by atoms with Crippen molar-refractivity contribution in [2.24, 2.45) is 0 Å². The first-order valence-corrected chi connectivity index (χ1v) is 7.49. The summed E-state index contributed by atoms with van der Waals surface area (Å²) >= 11 is 5.27. The molecule has 22 heavy (non-hydrogen) atoms. The fraction of sp³-hybridized carbons (Fsp3) is 0.188. The van der Waals surface area contributed by atoms with Crippen molar-refractivity contribution in [2.45, 2.75) is 20.0 Å². The van der Waals surface area contributed by atoms with Crippen LogP contribution in [0.15, 0.2) is 48.4 Å². The summed E-state index contributed by atoms with van der Waals surface area (Å²) in [5.74, 6) is -0.113. The lowest BCUT2D eigenvalue weighted by molar-refractivity contribution is -0.122. The first-order valence-electron chi connectivity index (χ1n) is 7.08. The van der Waals surface area contributed by atoms with Crippen LogP contribution in [0.5, 0.6) is 0 Å². The molecule has 2 aromatic rings. The third-order valence-corrected chi connectivity index (χ3v) is 3.76. The Morgan fingerprint density at radius 1 is 1.32 bits per heavy atom. The van der Waals surface area contributed by atoms with Crippen molar-refractivity contribution in [2.75, 3.05) is 0 Å². The number of nitrogens with one attached hydrogen (secondary N) is 1. The van der Waals surface area contributed by atoms with Crippen molar-refractivity contribution in [3.8, 4) is 0 Å². The second kappa shape index (κ2) is 6.11. The molecule has 1 amide bonds. The summed E-state index contributed by atoms with van der Waals surface area (Å²) < 4.78 is 1.81. The average molecular weight is 312 g/mol. The van der Waals surface area contributed by atoms with E-state index >= 15 is 0 Å². The van der Waals surface area contributed by atoms with E-state index in [0.717, 1.165) is 17.7 Å². The molecule has 3 rings (SSSR count). The second-order valence-corrected chi connectivity index (χ2v) is 5.38. The lowest BCUT2D eigenvalue weighted by Gasteiger charge is -2.13. The quantitative estimate of drug-likeness (QED) is 0.694. The highest BCUT2D eigenvalue weighted by Gasteiger charge is 2.30. The zero-order chi connectivity index (χ0) is 15.5. The van der Waals surface area contributed by atoms with Crippen molar-refractivity contribution < 1.29 is 4.79 Å². The van der Waals surface area contributed by atoms with Gasteiger partial charge in [-0.15, -0.1) is 0 Å². The molecule has 0 atom stereocenters. The van der Waals surface area contributed by atoms with E-state index in [1.807, 2.05) is 48.1 Å². The summed E-state index contributed by atoms with van der Waals surface area (Å²) in [6.07, 6.45) is 5.40. The number of carbonyl (C=O) groups excluding carboxylic acids is 1. The maximum absolute atomic E-state index is 12.5. The molecule has 0 bridgehead atoms. The highest BCUT2D eigenvalue weighted by molar-refractivity contribution is 7.80. The molecule has 0 unspecified atom stereocenters. The van der Waals surface area contributed by atoms with Gasteiger partial charge in [0, 0.05) is 18.3 Å². The molecule has 0 saturated carbocycles. The normalized spacial score (nSPS) is 16.4. The van der Waals surface area contributed by atoms with Crippen LogP contribution in [0.3, 0.4) is 0 Å². The molecule has 112 valence electrons. The monoisotopic (exact) mass is 312 g/mol. The molecule has 5 nitrogen and oxygen atoms in total. The number of amides is 1. The Hall–Kier alpha value is -2.47. The van der Waals surface area contributed by atoms with Crippen molar-refractivity contribution in [3.05, 3.63) is 59.5 Å². The Kier molecular flexibility index (Phi) is 4.02. The van der Waals surface area contributed by atoms with Gasteiger partial charge in [-0.1, -0.05) is 30.3 Å². The topological polar surface area (TPSA) is 50.2 Å². The predicted octanol–water partition coefficient (Wildman–Crippen LogP) is 2.16. The summed E-state index contributed by atoms with van der Waals surface area (Å²) in [5, 5.41) is 7.61. The van der Waals surface area contributed by atoms with Crippen molar-refractivity contribution in [1.82, 2.24) is 20.0 Å². The second-order valence-electron chi connectivity index (χ2n) is 4.99. The summed E-state index contributed by atoms with van der Waals surface area (Å²) in [5.41, 5.74) is 2.40. The zero-order valence-corrected chi connectivity index (χ0v) is 13.0. The Morgan fingerprint density at radius 2 is 2.09 bits per heavy atom. The van der Waals surface area contributed by atoms with Gasteiger partial charge in [0.1, 0.15) is 5.70 Å². The van der Waals surface area contributed by atoms with E-state index < -0.39 is 0 Å². The molecule has 0 spiro atoms. The Bertz CT molecular complexity index is 736. The van der Waals surface area contributed by atoms with Gasteiger partial charge in [-0.2, -0.15) is 5.10 Å². The summed E-state index contributed by atoms with van der Waals surface area (Å²) in [4.78, 5) is 14.1. The number of hydrogen-bond donors (Lipinski definition) is 1. The minimum Gasteiger partial charge on any atom is -0.328 e. The molecule has 0 radical (unpaired) electrons. The number of thiocarbonyl (C=S) groups is 1. The number of benzene rings is 1. The third-order valence-electron chi connectivity index (χ3n) is 3.43. The maximum Gasteiger partial charge on any atom is 0.276 e. The third kappa shape index (κ3) is 2.92. The van der Waals surface area contributed by atoms with Gasteiger partial charge in [-0.25, -0.2) is 0 Å². The van der Waals surface area contributed by atoms with E-state index in [1.165, 1.54) is 0 Å². The molecule has 1 fully saturated rings. The van der Waals surface area contributed by atoms with Crippen LogP contribution >= 0.6 is 12.2 Å². The lowest BCUT2D eigenvalue weighted by Crippen LogP contribution is -2.29. The van der Waals surface area contributed by atoms with Crippen LogP contribution in [-0.4, -0.2) is 25.7 Å². The van der Waals surface area contributed by atoms with Crippen LogP contribution in [0.1, 0.15) is 18.1 Å². The zero-order valence-electron chi connectivity index (χ0n) is 12.2. The number of aromatic nitrogens is 2. The van der Waals surface area contributed by atoms with Crippen LogP contribution < -0.4 is 5.32 Å². The van der Waals surface area contributed by atoms with Crippen LogP contribution in [-0.2, 0) is 17.9 Å². The molecule has 6 heteroatoms. The molecule has 1 N–H and O–H groups in total. The summed E-state index contributed by atoms with van der Waals surface area (Å²) in [6, 6.07) is 9.79. The van der Waals surface area contributed by atoms with Gasteiger partial charge in [-0.05, 0) is 30.8 Å². The van der Waals surface area contributed by atoms with Gasteiger partial charge in [-0.3, -0.25) is 14.4 Å². The number of rotatable bonds is 4. The first-order chi connectivity index (χ1) is 10.7. The molecular formula is C16H16N4OS. The number of nitrogens with zero attached hydrogens (tertiary/aromatic N) is 3.